The monoisotopic (exact) mass is 274 g/mol. The van der Waals surface area contributed by atoms with E-state index in [1.807, 2.05) is 6.08 Å². The Bertz CT molecular complexity index is 454. The summed E-state index contributed by atoms with van der Waals surface area (Å²) in [6.45, 7) is 2.33. The van der Waals surface area contributed by atoms with E-state index in [2.05, 4.69) is 13.0 Å². The number of ketones is 1. The van der Waals surface area contributed by atoms with E-state index in [1.165, 1.54) is 32.1 Å². The highest BCUT2D eigenvalue weighted by molar-refractivity contribution is 5.90. The topological polar surface area (TPSA) is 37.3 Å². The lowest BCUT2D eigenvalue weighted by Crippen LogP contribution is -2.48. The number of allylic oxidation sites excluding steroid dienone is 2. The van der Waals surface area contributed by atoms with Crippen LogP contribution in [-0.4, -0.2) is 17.0 Å². The number of carbonyl (C=O) groups excluding carboxylic acids is 1. The molecule has 0 aromatic rings. The molecule has 4 aliphatic carbocycles. The maximum atomic E-state index is 11.6. The zero-order chi connectivity index (χ0) is 13.9. The molecule has 0 amide bonds. The van der Waals surface area contributed by atoms with Crippen molar-refractivity contribution in [1.82, 2.24) is 0 Å². The van der Waals surface area contributed by atoms with Gasteiger partial charge in [-0.1, -0.05) is 13.0 Å². The number of carbonyl (C=O) groups is 1. The van der Waals surface area contributed by atoms with E-state index >= 15 is 0 Å². The van der Waals surface area contributed by atoms with Crippen molar-refractivity contribution < 1.29 is 9.90 Å². The molecule has 0 radical (unpaired) electrons. The Kier molecular flexibility index (Phi) is 2.89. The Morgan fingerprint density at radius 1 is 1.15 bits per heavy atom. The molecule has 20 heavy (non-hydrogen) atoms. The van der Waals surface area contributed by atoms with Crippen molar-refractivity contribution in [3.05, 3.63) is 12.2 Å². The third-order valence-corrected chi connectivity index (χ3v) is 7.32. The minimum absolute atomic E-state index is 0.0744. The Balaban J connectivity index is 1.62. The van der Waals surface area contributed by atoms with Gasteiger partial charge >= 0.3 is 0 Å². The van der Waals surface area contributed by atoms with Crippen LogP contribution >= 0.6 is 0 Å². The summed E-state index contributed by atoms with van der Waals surface area (Å²) in [5.41, 5.74) is 0.183. The van der Waals surface area contributed by atoms with Crippen LogP contribution in [0.25, 0.3) is 0 Å². The SMILES string of the molecule is C[C@]12CC[C@@H]3[C@H]4C=CC(=O)C[C@H]4CC[C@H]3[C@@H]1CC[C@H]2O. The van der Waals surface area contributed by atoms with Crippen molar-refractivity contribution in [3.63, 3.8) is 0 Å². The molecule has 3 saturated carbocycles. The highest BCUT2D eigenvalue weighted by Crippen LogP contribution is 2.61. The van der Waals surface area contributed by atoms with Gasteiger partial charge in [-0.05, 0) is 79.6 Å². The molecule has 2 heteroatoms. The molecular weight excluding hydrogens is 248 g/mol. The van der Waals surface area contributed by atoms with E-state index in [1.54, 1.807) is 0 Å². The molecule has 0 saturated heterocycles. The normalized spacial score (nSPS) is 54.2. The van der Waals surface area contributed by atoms with Gasteiger partial charge in [0.15, 0.2) is 5.78 Å². The minimum atomic E-state index is -0.0744. The number of fused-ring (bicyclic) bond motifs is 5. The third kappa shape index (κ3) is 1.70. The van der Waals surface area contributed by atoms with Crippen LogP contribution in [0, 0.1) is 35.0 Å². The highest BCUT2D eigenvalue weighted by atomic mass is 16.3. The first kappa shape index (κ1) is 13.1. The quantitative estimate of drug-likeness (QED) is 0.735. The van der Waals surface area contributed by atoms with Crippen LogP contribution < -0.4 is 0 Å². The summed E-state index contributed by atoms with van der Waals surface area (Å²) in [6.07, 6.45) is 12.0. The molecule has 7 atom stereocenters. The van der Waals surface area contributed by atoms with Crippen molar-refractivity contribution in [2.45, 2.75) is 58.0 Å². The van der Waals surface area contributed by atoms with Gasteiger partial charge < -0.3 is 5.11 Å². The second kappa shape index (κ2) is 4.43. The fourth-order valence-electron chi connectivity index (χ4n) is 6.21. The van der Waals surface area contributed by atoms with Crippen molar-refractivity contribution >= 4 is 5.78 Å². The lowest BCUT2D eigenvalue weighted by molar-refractivity contribution is -0.118. The molecule has 0 aromatic heterocycles. The van der Waals surface area contributed by atoms with Gasteiger partial charge in [0.25, 0.3) is 0 Å². The Morgan fingerprint density at radius 2 is 2.00 bits per heavy atom. The molecule has 0 aromatic carbocycles. The number of aliphatic hydroxyl groups is 1. The maximum Gasteiger partial charge on any atom is 0.155 e. The summed E-state index contributed by atoms with van der Waals surface area (Å²) in [5, 5.41) is 10.4. The van der Waals surface area contributed by atoms with Crippen molar-refractivity contribution in [1.29, 1.82) is 0 Å². The highest BCUT2D eigenvalue weighted by Gasteiger charge is 2.56. The van der Waals surface area contributed by atoms with Crippen LogP contribution in [0.15, 0.2) is 12.2 Å². The summed E-state index contributed by atoms with van der Waals surface area (Å²) in [6, 6.07) is 0. The van der Waals surface area contributed by atoms with Crippen LogP contribution in [-0.2, 0) is 4.79 Å². The summed E-state index contributed by atoms with van der Waals surface area (Å²) in [7, 11) is 0. The molecule has 3 fully saturated rings. The van der Waals surface area contributed by atoms with Crippen LogP contribution in [0.3, 0.4) is 0 Å². The van der Waals surface area contributed by atoms with Gasteiger partial charge in [0.1, 0.15) is 0 Å². The zero-order valence-corrected chi connectivity index (χ0v) is 12.4. The molecule has 0 aliphatic heterocycles. The van der Waals surface area contributed by atoms with Crippen LogP contribution in [0.1, 0.15) is 51.9 Å². The molecule has 4 aliphatic rings. The van der Waals surface area contributed by atoms with E-state index < -0.39 is 0 Å². The number of hydrogen-bond acceptors (Lipinski definition) is 2. The van der Waals surface area contributed by atoms with E-state index in [4.69, 9.17) is 0 Å². The van der Waals surface area contributed by atoms with Gasteiger partial charge in [-0.3, -0.25) is 4.79 Å². The Hall–Kier alpha value is -0.630. The predicted molar refractivity (Wildman–Crippen MR) is 78.0 cm³/mol. The predicted octanol–water partition coefficient (Wildman–Crippen LogP) is 3.35. The average Bonchev–Trinajstić information content (AvgIpc) is 2.74. The second-order valence-corrected chi connectivity index (χ2v) is 8.02. The lowest BCUT2D eigenvalue weighted by atomic mass is 9.51. The smallest absolute Gasteiger partial charge is 0.155 e. The van der Waals surface area contributed by atoms with E-state index in [9.17, 15) is 9.90 Å². The number of rotatable bonds is 0. The van der Waals surface area contributed by atoms with Crippen LogP contribution in [0.4, 0.5) is 0 Å². The fraction of sp³-hybridized carbons (Fsp3) is 0.833. The van der Waals surface area contributed by atoms with Gasteiger partial charge in [-0.2, -0.15) is 0 Å². The zero-order valence-electron chi connectivity index (χ0n) is 12.4. The first-order valence-corrected chi connectivity index (χ1v) is 8.48. The van der Waals surface area contributed by atoms with Gasteiger partial charge in [-0.25, -0.2) is 0 Å². The summed E-state index contributed by atoms with van der Waals surface area (Å²) in [5.74, 6) is 3.90. The molecule has 0 heterocycles. The van der Waals surface area contributed by atoms with Crippen LogP contribution in [0.5, 0.6) is 0 Å². The molecule has 4 rings (SSSR count). The van der Waals surface area contributed by atoms with E-state index in [0.29, 0.717) is 17.6 Å². The third-order valence-electron chi connectivity index (χ3n) is 7.32. The standard InChI is InChI=1S/C18H26O2/c1-18-9-8-14-13-5-3-12(19)10-11(13)2-4-15(14)16(18)6-7-17(18)20/h3,5,11,13-17,20H,2,4,6-10H2,1H3/t11-,13+,14-,15-,16+,17-,18+/m1/s1. The van der Waals surface area contributed by atoms with E-state index in [-0.39, 0.29) is 11.5 Å². The van der Waals surface area contributed by atoms with Crippen LogP contribution in [0.2, 0.25) is 0 Å². The van der Waals surface area contributed by atoms with Gasteiger partial charge in [0.05, 0.1) is 6.10 Å². The molecule has 1 N–H and O–H groups in total. The first-order chi connectivity index (χ1) is 9.59. The molecule has 0 spiro atoms. The first-order valence-electron chi connectivity index (χ1n) is 8.48. The summed E-state index contributed by atoms with van der Waals surface area (Å²) < 4.78 is 0. The Labute approximate surface area is 121 Å². The van der Waals surface area contributed by atoms with Gasteiger partial charge in [0.2, 0.25) is 0 Å². The minimum Gasteiger partial charge on any atom is -0.393 e. The van der Waals surface area contributed by atoms with Gasteiger partial charge in [0, 0.05) is 6.42 Å². The van der Waals surface area contributed by atoms with E-state index in [0.717, 1.165) is 30.6 Å². The largest absolute Gasteiger partial charge is 0.393 e. The fourth-order valence-corrected chi connectivity index (χ4v) is 6.21. The van der Waals surface area contributed by atoms with Gasteiger partial charge in [-0.15, -0.1) is 0 Å². The van der Waals surface area contributed by atoms with Crippen molar-refractivity contribution in [3.8, 4) is 0 Å². The molecule has 0 unspecified atom stereocenters. The second-order valence-electron chi connectivity index (χ2n) is 8.02. The molecule has 0 bridgehead atoms. The lowest BCUT2D eigenvalue weighted by Gasteiger charge is -2.54. The Morgan fingerprint density at radius 3 is 2.85 bits per heavy atom. The molecule has 110 valence electrons. The number of hydrogen-bond donors (Lipinski definition) is 1. The maximum absolute atomic E-state index is 11.6. The van der Waals surface area contributed by atoms with Crippen molar-refractivity contribution in [2.24, 2.45) is 35.0 Å². The summed E-state index contributed by atoms with van der Waals surface area (Å²) in [4.78, 5) is 11.6. The molecule has 2 nitrogen and oxygen atoms in total. The summed E-state index contributed by atoms with van der Waals surface area (Å²) >= 11 is 0. The average molecular weight is 274 g/mol. The molecular formula is C18H26O2. The number of aliphatic hydroxyl groups excluding tert-OH is 1. The van der Waals surface area contributed by atoms with Crippen molar-refractivity contribution in [2.75, 3.05) is 0 Å².